The monoisotopic (exact) mass is 362 g/mol. The van der Waals surface area contributed by atoms with E-state index in [1.165, 1.54) is 6.39 Å². The topological polar surface area (TPSA) is 88.2 Å². The predicted molar refractivity (Wildman–Crippen MR) is 97.3 cm³/mol. The largest absolute Gasteiger partial charge is 0.458 e. The summed E-state index contributed by atoms with van der Waals surface area (Å²) in [6.07, 6.45) is 2.97. The number of aromatic amines is 1. The zero-order valence-corrected chi connectivity index (χ0v) is 15.0. The minimum atomic E-state index is -0.424. The van der Waals surface area contributed by atoms with Gasteiger partial charge in [0.25, 0.3) is 5.91 Å². The summed E-state index contributed by atoms with van der Waals surface area (Å²) in [6, 6.07) is 9.35. The highest BCUT2D eigenvalue weighted by Gasteiger charge is 2.40. The molecule has 0 aliphatic carbocycles. The van der Waals surface area contributed by atoms with Crippen LogP contribution in [0, 0.1) is 6.92 Å². The lowest BCUT2D eigenvalue weighted by Crippen LogP contribution is -2.42. The molecule has 7 nitrogen and oxygen atoms in total. The van der Waals surface area contributed by atoms with Gasteiger partial charge in [-0.1, -0.05) is 25.1 Å². The van der Waals surface area contributed by atoms with E-state index in [0.717, 1.165) is 22.4 Å². The molecule has 136 valence electrons. The second-order valence-corrected chi connectivity index (χ2v) is 6.92. The van der Waals surface area contributed by atoms with Gasteiger partial charge in [-0.25, -0.2) is 9.97 Å². The van der Waals surface area contributed by atoms with Crippen molar-refractivity contribution in [3.05, 3.63) is 71.7 Å². The maximum absolute atomic E-state index is 13.3. The Labute approximate surface area is 155 Å². The fourth-order valence-electron chi connectivity index (χ4n) is 3.83. The number of fused-ring (bicyclic) bond motifs is 2. The number of benzene rings is 1. The summed E-state index contributed by atoms with van der Waals surface area (Å²) in [5, 5.41) is 0.992. The van der Waals surface area contributed by atoms with Gasteiger partial charge in [0.05, 0.1) is 17.7 Å². The van der Waals surface area contributed by atoms with E-state index in [0.29, 0.717) is 18.0 Å². The van der Waals surface area contributed by atoms with Crippen molar-refractivity contribution in [2.24, 2.45) is 0 Å². The van der Waals surface area contributed by atoms with Gasteiger partial charge < -0.3 is 18.7 Å². The number of nitrogens with one attached hydrogen (secondary N) is 1. The Hall–Kier alpha value is -3.35. The van der Waals surface area contributed by atoms with Crippen molar-refractivity contribution < 1.29 is 13.6 Å². The Morgan fingerprint density at radius 1 is 1.30 bits per heavy atom. The molecule has 1 amide bonds. The van der Waals surface area contributed by atoms with Gasteiger partial charge in [0.2, 0.25) is 5.76 Å². The first-order valence-electron chi connectivity index (χ1n) is 8.86. The molecule has 1 aliphatic rings. The quantitative estimate of drug-likeness (QED) is 0.586. The summed E-state index contributed by atoms with van der Waals surface area (Å²) in [6.45, 7) is 4.36. The summed E-state index contributed by atoms with van der Waals surface area (Å²) >= 11 is 0. The number of furan rings is 1. The average Bonchev–Trinajstić information content (AvgIpc) is 3.39. The highest BCUT2D eigenvalue weighted by Crippen LogP contribution is 2.40. The third-order valence-electron chi connectivity index (χ3n) is 5.15. The molecule has 4 aromatic rings. The highest BCUT2D eigenvalue weighted by atomic mass is 16.4. The van der Waals surface area contributed by atoms with Crippen LogP contribution in [0.25, 0.3) is 11.0 Å². The van der Waals surface area contributed by atoms with E-state index in [1.54, 1.807) is 18.2 Å². The SMILES string of the molecule is Cc1ncoc1C(=O)N1C[C@@H](C)c2[nH]cnc2[C@@H]1c1cc2ccccc2o1. The number of aromatic nitrogens is 3. The van der Waals surface area contributed by atoms with E-state index < -0.39 is 6.04 Å². The molecule has 0 saturated heterocycles. The summed E-state index contributed by atoms with van der Waals surface area (Å²) < 4.78 is 11.5. The van der Waals surface area contributed by atoms with Crippen molar-refractivity contribution >= 4 is 16.9 Å². The number of amides is 1. The third-order valence-corrected chi connectivity index (χ3v) is 5.15. The first-order chi connectivity index (χ1) is 13.1. The molecule has 1 aliphatic heterocycles. The number of rotatable bonds is 2. The number of nitrogens with zero attached hydrogens (tertiary/aromatic N) is 3. The molecule has 2 atom stereocenters. The van der Waals surface area contributed by atoms with Crippen LogP contribution in [-0.2, 0) is 0 Å². The van der Waals surface area contributed by atoms with Gasteiger partial charge in [0, 0.05) is 23.5 Å². The molecule has 0 bridgehead atoms. The van der Waals surface area contributed by atoms with Crippen molar-refractivity contribution in [3.8, 4) is 0 Å². The first-order valence-corrected chi connectivity index (χ1v) is 8.86. The maximum Gasteiger partial charge on any atom is 0.292 e. The molecule has 0 spiro atoms. The third kappa shape index (κ3) is 2.38. The number of aryl methyl sites for hydroxylation is 1. The molecular formula is C20H18N4O3. The summed E-state index contributed by atoms with van der Waals surface area (Å²) in [4.78, 5) is 26.8. The molecule has 1 aromatic carbocycles. The molecule has 0 fully saturated rings. The van der Waals surface area contributed by atoms with Gasteiger partial charge in [-0.15, -0.1) is 0 Å². The van der Waals surface area contributed by atoms with Gasteiger partial charge in [0.1, 0.15) is 17.4 Å². The molecule has 0 unspecified atom stereocenters. The highest BCUT2D eigenvalue weighted by molar-refractivity contribution is 5.93. The van der Waals surface area contributed by atoms with E-state index in [-0.39, 0.29) is 17.6 Å². The van der Waals surface area contributed by atoms with E-state index in [9.17, 15) is 4.79 Å². The van der Waals surface area contributed by atoms with Crippen molar-refractivity contribution in [3.63, 3.8) is 0 Å². The molecule has 1 N–H and O–H groups in total. The minimum Gasteiger partial charge on any atom is -0.458 e. The Bertz CT molecular complexity index is 1110. The summed E-state index contributed by atoms with van der Waals surface area (Å²) in [5.41, 5.74) is 3.19. The zero-order valence-electron chi connectivity index (χ0n) is 15.0. The van der Waals surface area contributed by atoms with Crippen LogP contribution in [0.1, 0.15) is 52.3 Å². The molecule has 27 heavy (non-hydrogen) atoms. The van der Waals surface area contributed by atoms with E-state index in [4.69, 9.17) is 8.83 Å². The first kappa shape index (κ1) is 15.9. The van der Waals surface area contributed by atoms with E-state index in [2.05, 4.69) is 21.9 Å². The predicted octanol–water partition coefficient (Wildman–Crippen LogP) is 3.80. The number of oxazole rings is 1. The van der Waals surface area contributed by atoms with Gasteiger partial charge in [-0.05, 0) is 19.1 Å². The molecule has 7 heteroatoms. The van der Waals surface area contributed by atoms with Gasteiger partial charge in [0.15, 0.2) is 6.39 Å². The van der Waals surface area contributed by atoms with Crippen LogP contribution in [0.4, 0.5) is 0 Å². The van der Waals surface area contributed by atoms with Crippen molar-refractivity contribution in [2.45, 2.75) is 25.8 Å². The molecule has 5 rings (SSSR count). The van der Waals surface area contributed by atoms with E-state index in [1.807, 2.05) is 30.3 Å². The van der Waals surface area contributed by atoms with Gasteiger partial charge in [-0.2, -0.15) is 0 Å². The van der Waals surface area contributed by atoms with E-state index >= 15 is 0 Å². The van der Waals surface area contributed by atoms with Crippen molar-refractivity contribution in [1.82, 2.24) is 19.9 Å². The Morgan fingerprint density at radius 3 is 2.93 bits per heavy atom. The molecule has 4 heterocycles. The Kier molecular flexibility index (Phi) is 3.43. The zero-order chi connectivity index (χ0) is 18.5. The standard InChI is InChI=1S/C20H18N4O3/c1-11-8-24(20(25)19-12(2)23-10-26-19)18(17-16(11)21-9-22-17)15-7-13-5-3-4-6-14(13)27-15/h3-7,9-11,18H,8H2,1-2H3,(H,21,22)/t11-,18+/m1/s1. The fraction of sp³-hybridized carbons (Fsp3) is 0.250. The van der Waals surface area contributed by atoms with Crippen LogP contribution in [0.3, 0.4) is 0 Å². The lowest BCUT2D eigenvalue weighted by Gasteiger charge is -2.36. The minimum absolute atomic E-state index is 0.121. The Balaban J connectivity index is 1.67. The molecule has 3 aromatic heterocycles. The van der Waals surface area contributed by atoms with Gasteiger partial charge in [-0.3, -0.25) is 4.79 Å². The smallest absolute Gasteiger partial charge is 0.292 e. The number of imidazole rings is 1. The molecule has 0 saturated carbocycles. The normalized spacial score (nSPS) is 19.4. The number of hydrogen-bond acceptors (Lipinski definition) is 5. The Morgan fingerprint density at radius 2 is 2.15 bits per heavy atom. The fourth-order valence-corrected chi connectivity index (χ4v) is 3.83. The van der Waals surface area contributed by atoms with Crippen LogP contribution in [0.15, 0.2) is 51.9 Å². The second-order valence-electron chi connectivity index (χ2n) is 6.92. The van der Waals surface area contributed by atoms with Gasteiger partial charge >= 0.3 is 0 Å². The number of para-hydroxylation sites is 1. The lowest BCUT2D eigenvalue weighted by atomic mass is 9.93. The van der Waals surface area contributed by atoms with Crippen LogP contribution in [0.2, 0.25) is 0 Å². The summed E-state index contributed by atoms with van der Waals surface area (Å²) in [7, 11) is 0. The number of carbonyl (C=O) groups excluding carboxylic acids is 1. The van der Waals surface area contributed by atoms with Crippen molar-refractivity contribution in [1.29, 1.82) is 0 Å². The molecular weight excluding hydrogens is 344 g/mol. The van der Waals surface area contributed by atoms with Crippen LogP contribution < -0.4 is 0 Å². The maximum atomic E-state index is 13.3. The summed E-state index contributed by atoms with van der Waals surface area (Å²) in [5.74, 6) is 0.843. The second kappa shape index (κ2) is 5.84. The van der Waals surface area contributed by atoms with Crippen LogP contribution in [0.5, 0.6) is 0 Å². The molecule has 0 radical (unpaired) electrons. The number of H-pyrrole nitrogens is 1. The average molecular weight is 362 g/mol. The number of carbonyl (C=O) groups is 1. The van der Waals surface area contributed by atoms with Crippen molar-refractivity contribution in [2.75, 3.05) is 6.54 Å². The van der Waals surface area contributed by atoms with Crippen LogP contribution in [-0.4, -0.2) is 32.3 Å². The number of hydrogen-bond donors (Lipinski definition) is 1. The lowest BCUT2D eigenvalue weighted by molar-refractivity contribution is 0.0620. The van der Waals surface area contributed by atoms with Crippen LogP contribution >= 0.6 is 0 Å².